The molecular formula is C13H26N4O. The number of aliphatic imine (C=N–C) groups is 1. The molecule has 1 N–H and O–H groups in total. The van der Waals surface area contributed by atoms with Crippen LogP contribution in [-0.4, -0.2) is 74.8 Å². The molecule has 0 radical (unpaired) electrons. The highest BCUT2D eigenvalue weighted by Crippen LogP contribution is 2.16. The topological polar surface area (TPSA) is 40.1 Å². The Bertz CT molecular complexity index is 276. The zero-order chi connectivity index (χ0) is 12.8. The number of nitrogens with one attached hydrogen (secondary N) is 1. The molecule has 2 fully saturated rings. The minimum Gasteiger partial charge on any atom is -0.379 e. The van der Waals surface area contributed by atoms with E-state index in [1.807, 2.05) is 7.05 Å². The van der Waals surface area contributed by atoms with Crippen LogP contribution in [0.25, 0.3) is 0 Å². The summed E-state index contributed by atoms with van der Waals surface area (Å²) in [6.07, 6.45) is 2.38. The summed E-state index contributed by atoms with van der Waals surface area (Å²) < 4.78 is 5.42. The van der Waals surface area contributed by atoms with Gasteiger partial charge < -0.3 is 15.0 Å². The molecule has 104 valence electrons. The SMILES string of the molecule is CCCNC(=NC)N1CCC(N2CCOCC2)C1. The molecule has 2 heterocycles. The molecule has 2 aliphatic rings. The van der Waals surface area contributed by atoms with Gasteiger partial charge in [0.25, 0.3) is 0 Å². The summed E-state index contributed by atoms with van der Waals surface area (Å²) in [4.78, 5) is 9.33. The van der Waals surface area contributed by atoms with E-state index in [0.29, 0.717) is 6.04 Å². The van der Waals surface area contributed by atoms with E-state index in [9.17, 15) is 0 Å². The molecule has 0 spiro atoms. The molecule has 1 atom stereocenters. The first kappa shape index (κ1) is 13.6. The summed E-state index contributed by atoms with van der Waals surface area (Å²) in [6.45, 7) is 9.35. The van der Waals surface area contributed by atoms with Crippen molar-refractivity contribution in [1.29, 1.82) is 0 Å². The Balaban J connectivity index is 1.82. The number of hydrogen-bond acceptors (Lipinski definition) is 3. The molecule has 2 rings (SSSR count). The molecule has 2 aliphatic heterocycles. The zero-order valence-electron chi connectivity index (χ0n) is 11.7. The van der Waals surface area contributed by atoms with Crippen LogP contribution >= 0.6 is 0 Å². The van der Waals surface area contributed by atoms with Crippen LogP contribution < -0.4 is 5.32 Å². The van der Waals surface area contributed by atoms with E-state index in [0.717, 1.165) is 58.3 Å². The van der Waals surface area contributed by atoms with Crippen LogP contribution in [0.4, 0.5) is 0 Å². The third-order valence-electron chi connectivity index (χ3n) is 3.77. The third-order valence-corrected chi connectivity index (χ3v) is 3.77. The molecule has 5 heteroatoms. The minimum absolute atomic E-state index is 0.675. The van der Waals surface area contributed by atoms with Crippen LogP contribution in [0, 0.1) is 0 Å². The lowest BCUT2D eigenvalue weighted by atomic mass is 10.2. The molecule has 18 heavy (non-hydrogen) atoms. The fourth-order valence-corrected chi connectivity index (χ4v) is 2.74. The number of guanidine groups is 1. The molecule has 0 saturated carbocycles. The van der Waals surface area contributed by atoms with Gasteiger partial charge in [0.1, 0.15) is 0 Å². The second-order valence-electron chi connectivity index (χ2n) is 5.01. The summed E-state index contributed by atoms with van der Waals surface area (Å²) in [5.74, 6) is 1.06. The van der Waals surface area contributed by atoms with Gasteiger partial charge in [-0.15, -0.1) is 0 Å². The Morgan fingerprint density at radius 3 is 2.78 bits per heavy atom. The normalized spacial score (nSPS) is 26.7. The van der Waals surface area contributed by atoms with Crippen molar-refractivity contribution in [2.75, 3.05) is 53.0 Å². The van der Waals surface area contributed by atoms with E-state index < -0.39 is 0 Å². The fourth-order valence-electron chi connectivity index (χ4n) is 2.74. The van der Waals surface area contributed by atoms with Crippen LogP contribution in [0.2, 0.25) is 0 Å². The minimum atomic E-state index is 0.675. The van der Waals surface area contributed by atoms with Crippen LogP contribution in [-0.2, 0) is 4.74 Å². The van der Waals surface area contributed by atoms with E-state index in [4.69, 9.17) is 4.74 Å². The van der Waals surface area contributed by atoms with Crippen molar-refractivity contribution in [3.63, 3.8) is 0 Å². The van der Waals surface area contributed by atoms with Gasteiger partial charge in [-0.2, -0.15) is 0 Å². The van der Waals surface area contributed by atoms with E-state index in [1.54, 1.807) is 0 Å². The lowest BCUT2D eigenvalue weighted by Gasteiger charge is -2.32. The second kappa shape index (κ2) is 6.95. The van der Waals surface area contributed by atoms with Gasteiger partial charge in [-0.25, -0.2) is 0 Å². The quantitative estimate of drug-likeness (QED) is 0.584. The first-order valence-corrected chi connectivity index (χ1v) is 7.12. The van der Waals surface area contributed by atoms with Gasteiger partial charge in [-0.1, -0.05) is 6.92 Å². The largest absolute Gasteiger partial charge is 0.379 e. The van der Waals surface area contributed by atoms with Crippen LogP contribution in [0.15, 0.2) is 4.99 Å². The number of hydrogen-bond donors (Lipinski definition) is 1. The average Bonchev–Trinajstić information content (AvgIpc) is 2.90. The summed E-state index contributed by atoms with van der Waals surface area (Å²) in [5, 5.41) is 3.42. The van der Waals surface area contributed by atoms with Gasteiger partial charge in [-0.3, -0.25) is 9.89 Å². The van der Waals surface area contributed by atoms with Gasteiger partial charge in [0.15, 0.2) is 5.96 Å². The molecule has 1 unspecified atom stereocenters. The monoisotopic (exact) mass is 254 g/mol. The highest BCUT2D eigenvalue weighted by molar-refractivity contribution is 5.80. The van der Waals surface area contributed by atoms with Gasteiger partial charge in [0.05, 0.1) is 13.2 Å². The highest BCUT2D eigenvalue weighted by atomic mass is 16.5. The maximum absolute atomic E-state index is 5.42. The van der Waals surface area contributed by atoms with Crippen LogP contribution in [0.5, 0.6) is 0 Å². The molecule has 0 aliphatic carbocycles. The Hall–Kier alpha value is -0.810. The first-order chi connectivity index (χ1) is 8.85. The molecule has 2 saturated heterocycles. The summed E-state index contributed by atoms with van der Waals surface area (Å²) in [7, 11) is 1.88. The predicted octanol–water partition coefficient (Wildman–Crippen LogP) is 0.378. The second-order valence-corrected chi connectivity index (χ2v) is 5.01. The van der Waals surface area contributed by atoms with Crippen molar-refractivity contribution in [2.24, 2.45) is 4.99 Å². The van der Waals surface area contributed by atoms with Crippen molar-refractivity contribution in [3.8, 4) is 0 Å². The standard InChI is InChI=1S/C13H26N4O/c1-3-5-15-13(14-2)17-6-4-12(11-17)16-7-9-18-10-8-16/h12H,3-11H2,1-2H3,(H,14,15). The average molecular weight is 254 g/mol. The first-order valence-electron chi connectivity index (χ1n) is 7.12. The fraction of sp³-hybridized carbons (Fsp3) is 0.923. The molecule has 5 nitrogen and oxygen atoms in total. The van der Waals surface area contributed by atoms with Gasteiger partial charge in [0, 0.05) is 45.8 Å². The van der Waals surface area contributed by atoms with Crippen LogP contribution in [0.3, 0.4) is 0 Å². The lowest BCUT2D eigenvalue weighted by Crippen LogP contribution is -2.46. The maximum atomic E-state index is 5.42. The number of ether oxygens (including phenoxy) is 1. The van der Waals surface area contributed by atoms with Gasteiger partial charge >= 0.3 is 0 Å². The number of likely N-dealkylation sites (tertiary alicyclic amines) is 1. The van der Waals surface area contributed by atoms with Gasteiger partial charge in [-0.05, 0) is 12.8 Å². The molecule has 0 amide bonds. The predicted molar refractivity (Wildman–Crippen MR) is 74.0 cm³/mol. The van der Waals surface area contributed by atoms with Crippen molar-refractivity contribution in [1.82, 2.24) is 15.1 Å². The summed E-state index contributed by atoms with van der Waals surface area (Å²) in [5.41, 5.74) is 0. The number of rotatable bonds is 3. The van der Waals surface area contributed by atoms with Crippen molar-refractivity contribution in [3.05, 3.63) is 0 Å². The Morgan fingerprint density at radius 1 is 1.33 bits per heavy atom. The van der Waals surface area contributed by atoms with Crippen molar-refractivity contribution >= 4 is 5.96 Å². The number of nitrogens with zero attached hydrogens (tertiary/aromatic N) is 3. The van der Waals surface area contributed by atoms with E-state index >= 15 is 0 Å². The van der Waals surface area contributed by atoms with Crippen molar-refractivity contribution in [2.45, 2.75) is 25.8 Å². The Labute approximate surface area is 110 Å². The van der Waals surface area contributed by atoms with E-state index in [1.165, 1.54) is 6.42 Å². The molecule has 0 aromatic carbocycles. The van der Waals surface area contributed by atoms with Crippen LogP contribution in [0.1, 0.15) is 19.8 Å². The van der Waals surface area contributed by atoms with E-state index in [2.05, 4.69) is 27.0 Å². The summed E-state index contributed by atoms with van der Waals surface area (Å²) >= 11 is 0. The smallest absolute Gasteiger partial charge is 0.193 e. The Morgan fingerprint density at radius 2 is 2.11 bits per heavy atom. The molecular weight excluding hydrogens is 228 g/mol. The molecule has 0 aromatic rings. The third kappa shape index (κ3) is 3.36. The highest BCUT2D eigenvalue weighted by Gasteiger charge is 2.29. The van der Waals surface area contributed by atoms with Crippen molar-refractivity contribution < 1.29 is 4.74 Å². The zero-order valence-corrected chi connectivity index (χ0v) is 11.7. The Kier molecular flexibility index (Phi) is 5.26. The maximum Gasteiger partial charge on any atom is 0.193 e. The molecule has 0 bridgehead atoms. The lowest BCUT2D eigenvalue weighted by molar-refractivity contribution is 0.0195. The van der Waals surface area contributed by atoms with Gasteiger partial charge in [0.2, 0.25) is 0 Å². The molecule has 0 aromatic heterocycles. The number of morpholine rings is 1. The summed E-state index contributed by atoms with van der Waals surface area (Å²) in [6, 6.07) is 0.675. The van der Waals surface area contributed by atoms with E-state index in [-0.39, 0.29) is 0 Å².